The first-order valence-electron chi connectivity index (χ1n) is 9.97. The van der Waals surface area contributed by atoms with Crippen LogP contribution >= 0.6 is 24.0 Å². The Kier molecular flexibility index (Phi) is 7.09. The number of anilines is 1. The Morgan fingerprint density at radius 3 is 2.44 bits per heavy atom. The molecule has 162 valence electrons. The molecule has 3 aromatic rings. The maximum Gasteiger partial charge on any atom is 0.270 e. The highest BCUT2D eigenvalue weighted by atomic mass is 32.2. The molecule has 3 aromatic carbocycles. The maximum absolute atomic E-state index is 13.0. The van der Waals surface area contributed by atoms with Gasteiger partial charge >= 0.3 is 0 Å². The van der Waals surface area contributed by atoms with E-state index in [0.29, 0.717) is 33.9 Å². The first-order chi connectivity index (χ1) is 15.7. The van der Waals surface area contributed by atoms with Crippen molar-refractivity contribution in [2.24, 2.45) is 0 Å². The zero-order chi connectivity index (χ0) is 22.3. The number of ether oxygens (including phenoxy) is 3. The molecule has 0 aliphatic carbocycles. The monoisotopic (exact) mass is 463 g/mol. The van der Waals surface area contributed by atoms with E-state index in [0.717, 1.165) is 17.0 Å². The lowest BCUT2D eigenvalue weighted by Crippen LogP contribution is -2.27. The molecule has 1 aliphatic rings. The van der Waals surface area contributed by atoms with E-state index in [2.05, 4.69) is 0 Å². The summed E-state index contributed by atoms with van der Waals surface area (Å²) >= 11 is 6.73. The lowest BCUT2D eigenvalue weighted by molar-refractivity contribution is -0.113. The number of hydrogen-bond donors (Lipinski definition) is 0. The number of para-hydroxylation sites is 2. The summed E-state index contributed by atoms with van der Waals surface area (Å²) in [5.74, 6) is 1.99. The Hall–Kier alpha value is -3.29. The summed E-state index contributed by atoms with van der Waals surface area (Å²) in [5.41, 5.74) is 1.57. The van der Waals surface area contributed by atoms with Gasteiger partial charge in [0.1, 0.15) is 30.5 Å². The number of methoxy groups -OCH3 is 1. The quantitative estimate of drug-likeness (QED) is 0.248. The Morgan fingerprint density at radius 1 is 0.906 bits per heavy atom. The van der Waals surface area contributed by atoms with E-state index in [9.17, 15) is 4.79 Å². The van der Waals surface area contributed by atoms with E-state index in [4.69, 9.17) is 26.4 Å². The minimum Gasteiger partial charge on any atom is -0.497 e. The molecule has 0 atom stereocenters. The second-order valence-electron chi connectivity index (χ2n) is 6.77. The molecule has 5 nitrogen and oxygen atoms in total. The third-order valence-electron chi connectivity index (χ3n) is 4.66. The predicted octanol–water partition coefficient (Wildman–Crippen LogP) is 5.56. The lowest BCUT2D eigenvalue weighted by atomic mass is 10.2. The average molecular weight is 464 g/mol. The molecule has 1 fully saturated rings. The fourth-order valence-electron chi connectivity index (χ4n) is 3.14. The van der Waals surface area contributed by atoms with Crippen LogP contribution in [0.5, 0.6) is 17.2 Å². The molecule has 1 aliphatic heterocycles. The van der Waals surface area contributed by atoms with E-state index in [-0.39, 0.29) is 5.91 Å². The molecule has 0 unspecified atom stereocenters. The third-order valence-corrected chi connectivity index (χ3v) is 5.97. The summed E-state index contributed by atoms with van der Waals surface area (Å²) in [5, 5.41) is 0. The van der Waals surface area contributed by atoms with Crippen molar-refractivity contribution in [3.8, 4) is 17.2 Å². The smallest absolute Gasteiger partial charge is 0.270 e. The highest BCUT2D eigenvalue weighted by molar-refractivity contribution is 8.27. The third kappa shape index (κ3) is 5.12. The summed E-state index contributed by atoms with van der Waals surface area (Å²) in [4.78, 5) is 15.1. The van der Waals surface area contributed by atoms with Gasteiger partial charge in [0, 0.05) is 11.6 Å². The second kappa shape index (κ2) is 10.3. The van der Waals surface area contributed by atoms with Crippen molar-refractivity contribution in [1.82, 2.24) is 0 Å². The van der Waals surface area contributed by atoms with Crippen LogP contribution in [-0.2, 0) is 4.79 Å². The molecular weight excluding hydrogens is 442 g/mol. The van der Waals surface area contributed by atoms with Gasteiger partial charge in [-0.1, -0.05) is 66.4 Å². The number of hydrogen-bond acceptors (Lipinski definition) is 6. The Labute approximate surface area is 196 Å². The number of benzene rings is 3. The summed E-state index contributed by atoms with van der Waals surface area (Å²) < 4.78 is 17.4. The van der Waals surface area contributed by atoms with Crippen LogP contribution in [0.25, 0.3) is 6.08 Å². The van der Waals surface area contributed by atoms with Gasteiger partial charge in [0.15, 0.2) is 4.32 Å². The number of carbonyl (C=O) groups is 1. The van der Waals surface area contributed by atoms with E-state index in [1.807, 2.05) is 84.9 Å². The van der Waals surface area contributed by atoms with Crippen molar-refractivity contribution < 1.29 is 19.0 Å². The predicted molar refractivity (Wildman–Crippen MR) is 133 cm³/mol. The van der Waals surface area contributed by atoms with Gasteiger partial charge in [-0.15, -0.1) is 0 Å². The van der Waals surface area contributed by atoms with Crippen molar-refractivity contribution in [3.05, 3.63) is 89.3 Å². The van der Waals surface area contributed by atoms with Crippen molar-refractivity contribution in [3.63, 3.8) is 0 Å². The summed E-state index contributed by atoms with van der Waals surface area (Å²) in [7, 11) is 1.62. The van der Waals surface area contributed by atoms with E-state index in [1.165, 1.54) is 11.8 Å². The van der Waals surface area contributed by atoms with Crippen LogP contribution in [0.2, 0.25) is 0 Å². The van der Waals surface area contributed by atoms with Crippen LogP contribution < -0.4 is 19.1 Å². The maximum atomic E-state index is 13.0. The minimum absolute atomic E-state index is 0.137. The fourth-order valence-corrected chi connectivity index (χ4v) is 4.43. The summed E-state index contributed by atoms with van der Waals surface area (Å²) in [6, 6.07) is 24.4. The van der Waals surface area contributed by atoms with Crippen LogP contribution in [0.3, 0.4) is 0 Å². The zero-order valence-corrected chi connectivity index (χ0v) is 19.0. The van der Waals surface area contributed by atoms with Gasteiger partial charge in [-0.3, -0.25) is 9.69 Å². The number of carbonyl (C=O) groups excluding carboxylic acids is 1. The molecule has 0 bridgehead atoms. The van der Waals surface area contributed by atoms with Crippen LogP contribution in [0.1, 0.15) is 5.56 Å². The SMILES string of the molecule is COc1cccc(OCCOc2ccccc2/C=C2/SC(=S)N(c3ccccc3)C2=O)c1. The summed E-state index contributed by atoms with van der Waals surface area (Å²) in [6.45, 7) is 0.727. The number of amides is 1. The van der Waals surface area contributed by atoms with Crippen LogP contribution in [0, 0.1) is 0 Å². The van der Waals surface area contributed by atoms with E-state index in [1.54, 1.807) is 12.0 Å². The standard InChI is InChI=1S/C25H21NO4S2/c1-28-20-11-7-12-21(17-20)29-14-15-30-22-13-6-5-8-18(22)16-23-24(27)26(25(31)32-23)19-9-3-2-4-10-19/h2-13,16-17H,14-15H2,1H3/b23-16+. The van der Waals surface area contributed by atoms with Gasteiger partial charge in [-0.25, -0.2) is 0 Å². The number of thiocarbonyl (C=S) groups is 1. The van der Waals surface area contributed by atoms with Crippen LogP contribution in [0.4, 0.5) is 5.69 Å². The van der Waals surface area contributed by atoms with Gasteiger partial charge in [0.05, 0.1) is 17.7 Å². The van der Waals surface area contributed by atoms with Crippen molar-refractivity contribution in [1.29, 1.82) is 0 Å². The highest BCUT2D eigenvalue weighted by Gasteiger charge is 2.33. The minimum atomic E-state index is -0.137. The van der Waals surface area contributed by atoms with Crippen molar-refractivity contribution in [2.45, 2.75) is 0 Å². The van der Waals surface area contributed by atoms with Crippen LogP contribution in [0.15, 0.2) is 83.8 Å². The Morgan fingerprint density at radius 2 is 1.62 bits per heavy atom. The molecule has 0 saturated carbocycles. The lowest BCUT2D eigenvalue weighted by Gasteiger charge is -2.14. The molecule has 0 N–H and O–H groups in total. The molecule has 1 heterocycles. The van der Waals surface area contributed by atoms with Gasteiger partial charge in [-0.05, 0) is 36.4 Å². The topological polar surface area (TPSA) is 48.0 Å². The van der Waals surface area contributed by atoms with E-state index < -0.39 is 0 Å². The normalized spacial score (nSPS) is 14.7. The zero-order valence-electron chi connectivity index (χ0n) is 17.4. The Balaban J connectivity index is 1.42. The number of nitrogens with zero attached hydrogens (tertiary/aromatic N) is 1. The molecule has 7 heteroatoms. The average Bonchev–Trinajstić information content (AvgIpc) is 3.11. The molecule has 0 spiro atoms. The fraction of sp³-hybridized carbons (Fsp3) is 0.120. The van der Waals surface area contributed by atoms with Gasteiger partial charge in [0.25, 0.3) is 5.91 Å². The van der Waals surface area contributed by atoms with Crippen molar-refractivity contribution in [2.75, 3.05) is 25.2 Å². The van der Waals surface area contributed by atoms with Gasteiger partial charge in [0.2, 0.25) is 0 Å². The molecule has 4 rings (SSSR count). The largest absolute Gasteiger partial charge is 0.497 e. The second-order valence-corrected chi connectivity index (χ2v) is 8.44. The molecule has 1 amide bonds. The molecular formula is C25H21NO4S2. The molecule has 0 aromatic heterocycles. The first-order valence-corrected chi connectivity index (χ1v) is 11.2. The summed E-state index contributed by atoms with van der Waals surface area (Å²) in [6.07, 6.45) is 1.82. The van der Waals surface area contributed by atoms with Gasteiger partial charge < -0.3 is 14.2 Å². The van der Waals surface area contributed by atoms with E-state index >= 15 is 0 Å². The molecule has 1 saturated heterocycles. The first kappa shape index (κ1) is 21.9. The van der Waals surface area contributed by atoms with Crippen molar-refractivity contribution >= 4 is 46.0 Å². The van der Waals surface area contributed by atoms with Gasteiger partial charge in [-0.2, -0.15) is 0 Å². The molecule has 32 heavy (non-hydrogen) atoms. The van der Waals surface area contributed by atoms with Crippen LogP contribution in [-0.4, -0.2) is 30.6 Å². The Bertz CT molecular complexity index is 1150. The molecule has 0 radical (unpaired) electrons. The number of rotatable bonds is 8. The number of thioether (sulfide) groups is 1. The highest BCUT2D eigenvalue weighted by Crippen LogP contribution is 2.37.